The molecular weight excluding hydrogens is 318 g/mol. The molecule has 2 N–H and O–H groups in total. The number of amides is 1. The Morgan fingerprint density at radius 2 is 1.72 bits per heavy atom. The smallest absolute Gasteiger partial charge is 0.328 e. The molecule has 0 fully saturated rings. The Hall–Kier alpha value is -3.15. The van der Waals surface area contributed by atoms with Gasteiger partial charge in [-0.1, -0.05) is 42.5 Å². The molecule has 6 heteroatoms. The van der Waals surface area contributed by atoms with Crippen LogP contribution in [0.4, 0.5) is 0 Å². The molecule has 0 unspecified atom stereocenters. The maximum atomic E-state index is 12.4. The molecule has 25 heavy (non-hydrogen) atoms. The highest BCUT2D eigenvalue weighted by atomic mass is 16.2. The molecule has 1 amide bonds. The topological polar surface area (TPSA) is 84.0 Å². The lowest BCUT2D eigenvalue weighted by Crippen LogP contribution is -2.37. The molecule has 0 radical (unpaired) electrons. The number of aromatic nitrogens is 2. The first-order valence-electron chi connectivity index (χ1n) is 8.17. The zero-order valence-corrected chi connectivity index (χ0v) is 13.7. The minimum absolute atomic E-state index is 0.0518. The highest BCUT2D eigenvalue weighted by Gasteiger charge is 2.09. The number of nitrogens with zero attached hydrogens (tertiary/aromatic N) is 1. The summed E-state index contributed by atoms with van der Waals surface area (Å²) in [5.41, 5.74) is 0.767. The molecule has 6 nitrogen and oxygen atoms in total. The summed E-state index contributed by atoms with van der Waals surface area (Å²) in [4.78, 5) is 39.0. The number of rotatable bonds is 6. The SMILES string of the molecule is O=C(CCn1c(=O)[nH]c2ccccc2c1=O)NCCc1ccccc1. The zero-order chi connectivity index (χ0) is 17.6. The molecule has 0 aliphatic heterocycles. The molecule has 2 aromatic carbocycles. The number of hydrogen-bond donors (Lipinski definition) is 2. The van der Waals surface area contributed by atoms with Gasteiger partial charge >= 0.3 is 5.69 Å². The number of carbonyl (C=O) groups excluding carboxylic acids is 1. The van der Waals surface area contributed by atoms with Crippen LogP contribution in [0.3, 0.4) is 0 Å². The third-order valence-corrected chi connectivity index (χ3v) is 4.03. The quantitative estimate of drug-likeness (QED) is 0.714. The van der Waals surface area contributed by atoms with Crippen molar-refractivity contribution in [3.63, 3.8) is 0 Å². The summed E-state index contributed by atoms with van der Waals surface area (Å²) in [6, 6.07) is 16.7. The number of hydrogen-bond acceptors (Lipinski definition) is 3. The van der Waals surface area contributed by atoms with Gasteiger partial charge in [0.2, 0.25) is 5.91 Å². The fraction of sp³-hybridized carbons (Fsp3) is 0.211. The number of nitrogens with one attached hydrogen (secondary N) is 2. The summed E-state index contributed by atoms with van der Waals surface area (Å²) in [5.74, 6) is -0.185. The summed E-state index contributed by atoms with van der Waals surface area (Å²) >= 11 is 0. The number of para-hydroxylation sites is 1. The van der Waals surface area contributed by atoms with E-state index < -0.39 is 5.69 Å². The van der Waals surface area contributed by atoms with E-state index in [1.54, 1.807) is 24.3 Å². The van der Waals surface area contributed by atoms with Crippen molar-refractivity contribution in [3.05, 3.63) is 81.0 Å². The van der Waals surface area contributed by atoms with Gasteiger partial charge in [0.15, 0.2) is 0 Å². The van der Waals surface area contributed by atoms with E-state index in [9.17, 15) is 14.4 Å². The van der Waals surface area contributed by atoms with Crippen LogP contribution in [0.5, 0.6) is 0 Å². The molecule has 1 aromatic heterocycles. The highest BCUT2D eigenvalue weighted by molar-refractivity contribution is 5.77. The van der Waals surface area contributed by atoms with Crippen LogP contribution in [0.25, 0.3) is 10.9 Å². The van der Waals surface area contributed by atoms with Gasteiger partial charge in [-0.3, -0.25) is 14.2 Å². The van der Waals surface area contributed by atoms with Crippen LogP contribution in [0.1, 0.15) is 12.0 Å². The van der Waals surface area contributed by atoms with Crippen LogP contribution in [-0.4, -0.2) is 22.0 Å². The molecule has 0 aliphatic carbocycles. The van der Waals surface area contributed by atoms with Crippen LogP contribution < -0.4 is 16.6 Å². The molecule has 3 rings (SSSR count). The molecule has 0 spiro atoms. The van der Waals surface area contributed by atoms with Crippen LogP contribution in [0.15, 0.2) is 64.2 Å². The van der Waals surface area contributed by atoms with E-state index >= 15 is 0 Å². The molecule has 0 atom stereocenters. The van der Waals surface area contributed by atoms with Gasteiger partial charge in [0.1, 0.15) is 0 Å². The second kappa shape index (κ2) is 7.61. The molecule has 0 bridgehead atoms. The second-order valence-corrected chi connectivity index (χ2v) is 5.77. The summed E-state index contributed by atoms with van der Waals surface area (Å²) in [7, 11) is 0. The van der Waals surface area contributed by atoms with E-state index in [2.05, 4.69) is 10.3 Å². The molecule has 3 aromatic rings. The summed E-state index contributed by atoms with van der Waals surface area (Å²) < 4.78 is 1.07. The van der Waals surface area contributed by atoms with Crippen molar-refractivity contribution in [3.8, 4) is 0 Å². The monoisotopic (exact) mass is 337 g/mol. The van der Waals surface area contributed by atoms with Crippen molar-refractivity contribution >= 4 is 16.8 Å². The largest absolute Gasteiger partial charge is 0.356 e. The van der Waals surface area contributed by atoms with Gasteiger partial charge < -0.3 is 10.3 Å². The van der Waals surface area contributed by atoms with Crippen molar-refractivity contribution < 1.29 is 4.79 Å². The van der Waals surface area contributed by atoms with E-state index in [-0.39, 0.29) is 24.4 Å². The number of H-pyrrole nitrogens is 1. The first-order chi connectivity index (χ1) is 12.1. The maximum absolute atomic E-state index is 12.4. The molecule has 0 aliphatic rings. The normalized spacial score (nSPS) is 10.7. The molecule has 128 valence electrons. The lowest BCUT2D eigenvalue weighted by Gasteiger charge is -2.07. The van der Waals surface area contributed by atoms with Gasteiger partial charge in [-0.15, -0.1) is 0 Å². The molecule has 1 heterocycles. The Labute approximate surface area is 144 Å². The minimum Gasteiger partial charge on any atom is -0.356 e. The second-order valence-electron chi connectivity index (χ2n) is 5.77. The van der Waals surface area contributed by atoms with Crippen molar-refractivity contribution in [2.75, 3.05) is 6.54 Å². The number of aromatic amines is 1. The Bertz CT molecular complexity index is 990. The van der Waals surface area contributed by atoms with E-state index in [4.69, 9.17) is 0 Å². The number of benzene rings is 2. The minimum atomic E-state index is -0.499. The number of fused-ring (bicyclic) bond motifs is 1. The Morgan fingerprint density at radius 3 is 2.52 bits per heavy atom. The van der Waals surface area contributed by atoms with Crippen LogP contribution in [-0.2, 0) is 17.8 Å². The third-order valence-electron chi connectivity index (χ3n) is 4.03. The maximum Gasteiger partial charge on any atom is 0.328 e. The Kier molecular flexibility index (Phi) is 5.09. The average Bonchev–Trinajstić information content (AvgIpc) is 2.62. The summed E-state index contributed by atoms with van der Waals surface area (Å²) in [6.07, 6.45) is 0.819. The lowest BCUT2D eigenvalue weighted by molar-refractivity contribution is -0.121. The highest BCUT2D eigenvalue weighted by Crippen LogP contribution is 2.03. The van der Waals surface area contributed by atoms with Gasteiger partial charge in [-0.25, -0.2) is 4.79 Å². The molecule has 0 saturated heterocycles. The van der Waals surface area contributed by atoms with Crippen molar-refractivity contribution in [1.29, 1.82) is 0 Å². The Morgan fingerprint density at radius 1 is 1.00 bits per heavy atom. The molecular formula is C19H19N3O3. The standard InChI is InChI=1S/C19H19N3O3/c23-17(20-12-10-14-6-2-1-3-7-14)11-13-22-18(24)15-8-4-5-9-16(15)21-19(22)25/h1-9H,10-13H2,(H,20,23)(H,21,25). The lowest BCUT2D eigenvalue weighted by atomic mass is 10.1. The van der Waals surface area contributed by atoms with Gasteiger partial charge in [-0.05, 0) is 24.1 Å². The fourth-order valence-electron chi connectivity index (χ4n) is 2.69. The van der Waals surface area contributed by atoms with Crippen molar-refractivity contribution in [2.45, 2.75) is 19.4 Å². The van der Waals surface area contributed by atoms with Crippen molar-refractivity contribution in [1.82, 2.24) is 14.9 Å². The van der Waals surface area contributed by atoms with E-state index in [1.807, 2.05) is 30.3 Å². The van der Waals surface area contributed by atoms with E-state index in [0.717, 1.165) is 16.6 Å². The third kappa shape index (κ3) is 4.03. The first kappa shape index (κ1) is 16.7. The van der Waals surface area contributed by atoms with Crippen molar-refractivity contribution in [2.24, 2.45) is 0 Å². The van der Waals surface area contributed by atoms with E-state index in [1.165, 1.54) is 0 Å². The summed E-state index contributed by atoms with van der Waals surface area (Å²) in [6.45, 7) is 0.571. The van der Waals surface area contributed by atoms with Crippen LogP contribution in [0.2, 0.25) is 0 Å². The average molecular weight is 337 g/mol. The molecule has 0 saturated carbocycles. The predicted octanol–water partition coefficient (Wildman–Crippen LogP) is 1.44. The van der Waals surface area contributed by atoms with Gasteiger partial charge in [0, 0.05) is 19.5 Å². The van der Waals surface area contributed by atoms with Crippen LogP contribution in [0, 0.1) is 0 Å². The fourth-order valence-corrected chi connectivity index (χ4v) is 2.69. The van der Waals surface area contributed by atoms with E-state index in [0.29, 0.717) is 17.4 Å². The summed E-state index contributed by atoms with van der Waals surface area (Å²) in [5, 5.41) is 3.25. The Balaban J connectivity index is 1.60. The van der Waals surface area contributed by atoms with Gasteiger partial charge in [0.05, 0.1) is 10.9 Å². The first-order valence-corrected chi connectivity index (χ1v) is 8.17. The van der Waals surface area contributed by atoms with Gasteiger partial charge in [0.25, 0.3) is 5.56 Å². The zero-order valence-electron chi connectivity index (χ0n) is 13.7. The van der Waals surface area contributed by atoms with Gasteiger partial charge in [-0.2, -0.15) is 0 Å². The van der Waals surface area contributed by atoms with Crippen LogP contribution >= 0.6 is 0 Å². The number of carbonyl (C=O) groups is 1. The predicted molar refractivity (Wildman–Crippen MR) is 96.6 cm³/mol.